The SMILES string of the molecule is COc1cc2c(c(OC)c1OC)-c1ccc(C(=O)NCCCN3CCOCC3)cc1[C@@H](NC(C)=O)CC2.COc1cc2c(c(OC)c1OC)-c1ccc(C(=O)O)cc1[C@@H](NC(C)=O)CC2.NCCCN1CCOCC1. The third kappa shape index (κ3) is 14.6. The first-order valence-corrected chi connectivity index (χ1v) is 25.6. The molecule has 2 saturated heterocycles. The van der Waals surface area contributed by atoms with Crippen molar-refractivity contribution in [2.24, 2.45) is 5.73 Å². The maximum atomic E-state index is 13.1. The molecular weight excluding hydrogens is 965 g/mol. The first-order chi connectivity index (χ1) is 36.3. The molecule has 0 aromatic heterocycles. The lowest BCUT2D eigenvalue weighted by atomic mass is 9.92. The first-order valence-electron chi connectivity index (χ1n) is 25.6. The van der Waals surface area contributed by atoms with Crippen molar-refractivity contribution >= 4 is 23.7 Å². The van der Waals surface area contributed by atoms with Gasteiger partial charge < -0.3 is 64.7 Å². The van der Waals surface area contributed by atoms with Crippen molar-refractivity contribution in [3.8, 4) is 56.8 Å². The number of nitrogens with two attached hydrogens (primary N) is 1. The van der Waals surface area contributed by atoms with Crippen molar-refractivity contribution in [3.05, 3.63) is 81.9 Å². The van der Waals surface area contributed by atoms with E-state index >= 15 is 0 Å². The molecule has 0 radical (unpaired) electrons. The van der Waals surface area contributed by atoms with E-state index in [0.29, 0.717) is 72.3 Å². The van der Waals surface area contributed by atoms with Crippen LogP contribution in [0.15, 0.2) is 48.5 Å². The minimum atomic E-state index is -1.02. The molecule has 19 nitrogen and oxygen atoms in total. The van der Waals surface area contributed by atoms with Gasteiger partial charge in [0.15, 0.2) is 23.0 Å². The van der Waals surface area contributed by atoms with Gasteiger partial charge in [0.1, 0.15) is 0 Å². The lowest BCUT2D eigenvalue weighted by molar-refractivity contribution is -0.120. The predicted octanol–water partition coefficient (Wildman–Crippen LogP) is 5.82. The van der Waals surface area contributed by atoms with Crippen LogP contribution in [-0.2, 0) is 31.9 Å². The second-order valence-corrected chi connectivity index (χ2v) is 18.5. The highest BCUT2D eigenvalue weighted by Gasteiger charge is 2.32. The van der Waals surface area contributed by atoms with Crippen LogP contribution in [0.3, 0.4) is 0 Å². The molecular formula is C56H76N6O13. The van der Waals surface area contributed by atoms with Gasteiger partial charge in [0.2, 0.25) is 23.3 Å². The predicted molar refractivity (Wildman–Crippen MR) is 285 cm³/mol. The van der Waals surface area contributed by atoms with Crippen molar-refractivity contribution in [1.82, 2.24) is 25.8 Å². The number of hydrogen-bond donors (Lipinski definition) is 5. The van der Waals surface area contributed by atoms with E-state index in [9.17, 15) is 24.3 Å². The molecule has 2 aliphatic carbocycles. The number of hydrogen-bond acceptors (Lipinski definition) is 15. The summed E-state index contributed by atoms with van der Waals surface area (Å²) >= 11 is 0. The molecule has 4 aliphatic rings. The van der Waals surface area contributed by atoms with Crippen LogP contribution in [-0.4, -0.2) is 160 Å². The van der Waals surface area contributed by atoms with Crippen LogP contribution in [0.1, 0.15) is 94.6 Å². The van der Waals surface area contributed by atoms with Crippen LogP contribution in [0.25, 0.3) is 22.3 Å². The van der Waals surface area contributed by atoms with E-state index in [0.717, 1.165) is 130 Å². The van der Waals surface area contributed by atoms with Crippen molar-refractivity contribution in [2.75, 3.05) is 121 Å². The number of carbonyl (C=O) groups is 4. The van der Waals surface area contributed by atoms with Gasteiger partial charge in [-0.15, -0.1) is 0 Å². The lowest BCUT2D eigenvalue weighted by Gasteiger charge is -2.26. The number of aryl methyl sites for hydroxylation is 2. The summed E-state index contributed by atoms with van der Waals surface area (Å²) in [4.78, 5) is 53.2. The zero-order valence-corrected chi connectivity index (χ0v) is 44.8. The summed E-state index contributed by atoms with van der Waals surface area (Å²) in [7, 11) is 9.44. The molecule has 0 spiro atoms. The molecule has 4 aromatic rings. The second-order valence-electron chi connectivity index (χ2n) is 18.5. The van der Waals surface area contributed by atoms with Crippen LogP contribution in [0.5, 0.6) is 34.5 Å². The Morgan fingerprint density at radius 1 is 0.600 bits per heavy atom. The monoisotopic (exact) mass is 1040 g/mol. The van der Waals surface area contributed by atoms with Gasteiger partial charge in [0.25, 0.3) is 5.91 Å². The average molecular weight is 1040 g/mol. The minimum Gasteiger partial charge on any atom is -0.493 e. The van der Waals surface area contributed by atoms with Crippen molar-refractivity contribution in [1.29, 1.82) is 0 Å². The highest BCUT2D eigenvalue weighted by molar-refractivity contribution is 5.96. The summed E-state index contributed by atoms with van der Waals surface area (Å²) in [5.74, 6) is 1.76. The number of carbonyl (C=O) groups excluding carboxylic acids is 3. The Bertz CT molecular complexity index is 2600. The Balaban J connectivity index is 0.000000211. The Kier molecular flexibility index (Phi) is 21.8. The molecule has 2 heterocycles. The van der Waals surface area contributed by atoms with E-state index in [2.05, 4.69) is 25.8 Å². The van der Waals surface area contributed by atoms with Crippen LogP contribution in [0.2, 0.25) is 0 Å². The molecule has 3 amide bonds. The van der Waals surface area contributed by atoms with Gasteiger partial charge in [0, 0.05) is 63.3 Å². The van der Waals surface area contributed by atoms with Gasteiger partial charge in [-0.3, -0.25) is 24.2 Å². The topological polar surface area (TPSA) is 231 Å². The molecule has 0 unspecified atom stereocenters. The smallest absolute Gasteiger partial charge is 0.335 e. The van der Waals surface area contributed by atoms with Crippen LogP contribution in [0.4, 0.5) is 0 Å². The van der Waals surface area contributed by atoms with E-state index in [4.69, 9.17) is 43.6 Å². The number of benzene rings is 4. The van der Waals surface area contributed by atoms with E-state index in [1.54, 1.807) is 53.7 Å². The molecule has 0 bridgehead atoms. The maximum absolute atomic E-state index is 13.1. The number of nitrogens with one attached hydrogen (secondary N) is 3. The number of amides is 3. The number of fused-ring (bicyclic) bond motifs is 6. The third-order valence-corrected chi connectivity index (χ3v) is 13.7. The van der Waals surface area contributed by atoms with Gasteiger partial charge in [-0.25, -0.2) is 4.79 Å². The highest BCUT2D eigenvalue weighted by Crippen LogP contribution is 2.52. The van der Waals surface area contributed by atoms with Crippen molar-refractivity contribution < 1.29 is 62.2 Å². The average Bonchev–Trinajstić information content (AvgIpc) is 3.68. The fourth-order valence-corrected chi connectivity index (χ4v) is 10.1. The molecule has 2 aliphatic heterocycles. The summed E-state index contributed by atoms with van der Waals surface area (Å²) in [6.45, 7) is 13.8. The lowest BCUT2D eigenvalue weighted by Crippen LogP contribution is -2.38. The summed E-state index contributed by atoms with van der Waals surface area (Å²) in [6.07, 6.45) is 4.60. The standard InChI is InChI=1S/C28H37N3O6.C21H23NO6.C7H16N2O/c1-18(32)30-23-9-7-19-17-24(34-2)26(35-3)27(36-4)25(19)21-8-6-20(16-22(21)23)28(33)29-10-5-11-31-12-14-37-15-13-31;1-11(23)22-16-8-6-12-10-17(26-2)19(27-3)20(28-4)18(12)14-7-5-13(21(24)25)9-15(14)16;8-2-1-3-9-4-6-10-7-5-9/h6,8,16-17,23H,5,7,9-15H2,1-4H3,(H,29,33)(H,30,32);5,7,9-10,16H,6,8H2,1-4H3,(H,22,23)(H,24,25);1-8H2/t23-;16-;/m00./s1. The first kappa shape index (κ1) is 57.6. The molecule has 6 N–H and O–H groups in total. The highest BCUT2D eigenvalue weighted by atomic mass is 16.5. The summed E-state index contributed by atoms with van der Waals surface area (Å²) < 4.78 is 44.3. The van der Waals surface area contributed by atoms with Crippen LogP contribution >= 0.6 is 0 Å². The zero-order valence-electron chi connectivity index (χ0n) is 44.8. The number of carboxylic acids is 1. The van der Waals surface area contributed by atoms with E-state index in [-0.39, 0.29) is 35.4 Å². The van der Waals surface area contributed by atoms with Gasteiger partial charge in [-0.1, -0.05) is 12.1 Å². The van der Waals surface area contributed by atoms with Gasteiger partial charge in [-0.2, -0.15) is 0 Å². The molecule has 2 atom stereocenters. The Morgan fingerprint density at radius 2 is 1.03 bits per heavy atom. The quantitative estimate of drug-likeness (QED) is 0.0785. The van der Waals surface area contributed by atoms with E-state index in [1.165, 1.54) is 21.0 Å². The molecule has 75 heavy (non-hydrogen) atoms. The molecule has 19 heteroatoms. The summed E-state index contributed by atoms with van der Waals surface area (Å²) in [5.41, 5.74) is 13.1. The van der Waals surface area contributed by atoms with Gasteiger partial charge >= 0.3 is 5.97 Å². The second kappa shape index (κ2) is 28.3. The molecule has 2 fully saturated rings. The number of nitrogens with zero attached hydrogens (tertiary/aromatic N) is 2. The number of ether oxygens (including phenoxy) is 8. The maximum Gasteiger partial charge on any atom is 0.335 e. The minimum absolute atomic E-state index is 0.123. The van der Waals surface area contributed by atoms with Crippen LogP contribution < -0.4 is 50.1 Å². The molecule has 8 rings (SSSR count). The number of morpholine rings is 2. The molecule has 408 valence electrons. The van der Waals surface area contributed by atoms with Crippen molar-refractivity contribution in [3.63, 3.8) is 0 Å². The van der Waals surface area contributed by atoms with Gasteiger partial charge in [-0.05, 0) is 128 Å². The third-order valence-electron chi connectivity index (χ3n) is 13.7. The fraction of sp³-hybridized carbons (Fsp3) is 0.500. The Hall–Kier alpha value is -6.64. The summed E-state index contributed by atoms with van der Waals surface area (Å²) in [5, 5.41) is 18.5. The number of carboxylic acid groups (broad SMARTS) is 1. The number of methoxy groups -OCH3 is 6. The Labute approximate surface area is 440 Å². The molecule has 4 aromatic carbocycles. The zero-order chi connectivity index (χ0) is 54.0. The van der Waals surface area contributed by atoms with Gasteiger partial charge in [0.05, 0.1) is 86.7 Å². The number of rotatable bonds is 17. The normalized spacial score (nSPS) is 16.9. The Morgan fingerprint density at radius 3 is 1.43 bits per heavy atom. The number of aromatic carboxylic acids is 1. The fourth-order valence-electron chi connectivity index (χ4n) is 10.1. The van der Waals surface area contributed by atoms with E-state index < -0.39 is 5.97 Å². The van der Waals surface area contributed by atoms with Crippen LogP contribution in [0, 0.1) is 0 Å². The summed E-state index contributed by atoms with van der Waals surface area (Å²) in [6, 6.07) is 13.9. The van der Waals surface area contributed by atoms with Crippen molar-refractivity contribution in [2.45, 2.75) is 64.5 Å². The molecule has 0 saturated carbocycles. The van der Waals surface area contributed by atoms with E-state index in [1.807, 2.05) is 30.3 Å². The largest absolute Gasteiger partial charge is 0.493 e.